The van der Waals surface area contributed by atoms with Gasteiger partial charge in [-0.3, -0.25) is 15.0 Å². The van der Waals surface area contributed by atoms with E-state index in [0.717, 1.165) is 11.1 Å². The Bertz CT molecular complexity index is 1440. The Labute approximate surface area is 270 Å². The molecule has 3 rings (SSSR count). The van der Waals surface area contributed by atoms with Crippen molar-refractivity contribution in [2.45, 2.75) is 71.8 Å². The van der Waals surface area contributed by atoms with Gasteiger partial charge in [0, 0.05) is 48.7 Å². The Morgan fingerprint density at radius 3 is 2.25 bits per heavy atom. The van der Waals surface area contributed by atoms with Gasteiger partial charge < -0.3 is 24.4 Å². The van der Waals surface area contributed by atoms with E-state index >= 15 is 0 Å². The van der Waals surface area contributed by atoms with Crippen LogP contribution in [-0.2, 0) is 23.2 Å². The average Bonchev–Trinajstić information content (AvgIpc) is 3.26. The number of halogens is 1. The number of fused-ring (bicyclic) bond motifs is 1. The summed E-state index contributed by atoms with van der Waals surface area (Å²) in [5.41, 5.74) is 3.07. The first-order chi connectivity index (χ1) is 20.5. The second kappa shape index (κ2) is 16.7. The molecule has 0 spiro atoms. The molecule has 0 fully saturated rings. The van der Waals surface area contributed by atoms with E-state index in [1.807, 2.05) is 45.9 Å². The number of benzene rings is 2. The van der Waals surface area contributed by atoms with Gasteiger partial charge in [-0.15, -0.1) is 17.0 Å². The molecule has 44 heavy (non-hydrogen) atoms. The Hall–Kier alpha value is -4.09. The number of nitriles is 2. The van der Waals surface area contributed by atoms with E-state index in [4.69, 9.17) is 30.1 Å². The predicted molar refractivity (Wildman–Crippen MR) is 173 cm³/mol. The van der Waals surface area contributed by atoms with Crippen molar-refractivity contribution in [3.8, 4) is 29.4 Å². The van der Waals surface area contributed by atoms with Gasteiger partial charge in [0.1, 0.15) is 11.6 Å². The zero-order valence-electron chi connectivity index (χ0n) is 26.2. The van der Waals surface area contributed by atoms with Crippen LogP contribution >= 0.6 is 17.0 Å². The second-order valence-electron chi connectivity index (χ2n) is 11.3. The maximum absolute atomic E-state index is 13.7. The number of amides is 1. The quantitative estimate of drug-likeness (QED) is 0.183. The Morgan fingerprint density at radius 1 is 1.00 bits per heavy atom. The van der Waals surface area contributed by atoms with Gasteiger partial charge in [0.25, 0.3) is 0 Å². The van der Waals surface area contributed by atoms with Crippen LogP contribution in [0.1, 0.15) is 86.0 Å². The van der Waals surface area contributed by atoms with Gasteiger partial charge >= 0.3 is 0 Å². The van der Waals surface area contributed by atoms with Crippen LogP contribution < -0.4 is 19.5 Å². The molecule has 1 aliphatic rings. The molecular formula is C33H42BrN5O5. The Morgan fingerprint density at radius 2 is 1.66 bits per heavy atom. The van der Waals surface area contributed by atoms with Gasteiger partial charge in [-0.1, -0.05) is 20.8 Å². The SMILES string of the molecule is Br.CCOc1cc2c(cc1CC(=O)NC)C(=N)N(CC(=O)c1cc(OCCCC#N)c(OCCCC#N)c(C(C)(C)C)c1)C2. The fourth-order valence-electron chi connectivity index (χ4n) is 4.80. The first kappa shape index (κ1) is 36.1. The first-order valence-electron chi connectivity index (χ1n) is 14.6. The Balaban J connectivity index is 0.00000675. The van der Waals surface area contributed by atoms with Crippen molar-refractivity contribution in [3.63, 3.8) is 0 Å². The van der Waals surface area contributed by atoms with Crippen molar-refractivity contribution in [3.05, 3.63) is 52.1 Å². The number of hydrogen-bond donors (Lipinski definition) is 2. The third-order valence-corrected chi connectivity index (χ3v) is 7.04. The first-order valence-corrected chi connectivity index (χ1v) is 14.6. The number of nitrogens with zero attached hydrogens (tertiary/aromatic N) is 3. The lowest BCUT2D eigenvalue weighted by molar-refractivity contribution is -0.119. The maximum Gasteiger partial charge on any atom is 0.224 e. The van der Waals surface area contributed by atoms with E-state index < -0.39 is 0 Å². The van der Waals surface area contributed by atoms with Crippen molar-refractivity contribution in [2.24, 2.45) is 0 Å². The number of unbranched alkanes of at least 4 members (excludes halogenated alkanes) is 2. The molecular weight excluding hydrogens is 626 g/mol. The van der Waals surface area contributed by atoms with Crippen LogP contribution in [0.25, 0.3) is 0 Å². The third kappa shape index (κ3) is 9.20. The number of rotatable bonds is 15. The van der Waals surface area contributed by atoms with Gasteiger partial charge in [0.15, 0.2) is 17.3 Å². The van der Waals surface area contributed by atoms with Crippen LogP contribution in [-0.4, -0.2) is 55.8 Å². The molecule has 0 saturated heterocycles. The van der Waals surface area contributed by atoms with Gasteiger partial charge in [-0.25, -0.2) is 0 Å². The number of amidine groups is 1. The third-order valence-electron chi connectivity index (χ3n) is 7.04. The van der Waals surface area contributed by atoms with E-state index in [-0.39, 0.29) is 59.5 Å². The highest BCUT2D eigenvalue weighted by Crippen LogP contribution is 2.41. The number of nitrogens with one attached hydrogen (secondary N) is 2. The van der Waals surface area contributed by atoms with Crippen LogP contribution in [0.15, 0.2) is 24.3 Å². The van der Waals surface area contributed by atoms with Gasteiger partial charge in [0.2, 0.25) is 5.91 Å². The van der Waals surface area contributed by atoms with Crippen molar-refractivity contribution in [2.75, 3.05) is 33.4 Å². The summed E-state index contributed by atoms with van der Waals surface area (Å²) in [6, 6.07) is 11.4. The Kier molecular flexibility index (Phi) is 13.7. The highest BCUT2D eigenvalue weighted by molar-refractivity contribution is 8.93. The zero-order chi connectivity index (χ0) is 31.6. The van der Waals surface area contributed by atoms with E-state index in [1.165, 1.54) is 0 Å². The average molecular weight is 669 g/mol. The van der Waals surface area contributed by atoms with Crippen LogP contribution in [0, 0.1) is 28.1 Å². The molecule has 0 radical (unpaired) electrons. The molecule has 0 aliphatic carbocycles. The van der Waals surface area contributed by atoms with Crippen molar-refractivity contribution in [1.82, 2.24) is 10.2 Å². The summed E-state index contributed by atoms with van der Waals surface area (Å²) in [5.74, 6) is 1.43. The smallest absolute Gasteiger partial charge is 0.224 e. The summed E-state index contributed by atoms with van der Waals surface area (Å²) in [5, 5.41) is 29.3. The monoisotopic (exact) mass is 667 g/mol. The molecule has 0 bridgehead atoms. The van der Waals surface area contributed by atoms with Gasteiger partial charge in [-0.05, 0) is 55.0 Å². The second-order valence-corrected chi connectivity index (χ2v) is 11.3. The maximum atomic E-state index is 13.7. The number of ether oxygens (including phenoxy) is 3. The molecule has 10 nitrogen and oxygen atoms in total. The molecule has 1 amide bonds. The van der Waals surface area contributed by atoms with Crippen LogP contribution in [0.5, 0.6) is 17.2 Å². The highest BCUT2D eigenvalue weighted by Gasteiger charge is 2.30. The molecule has 1 aliphatic heterocycles. The standard InChI is InChI=1S/C33H41N5O5.BrH/c1-6-41-28-18-24-20-38(32(36)25(24)15-23(28)19-30(40)37-5)21-27(39)22-16-26(33(2,3)4)31(43-14-10-8-12-35)29(17-22)42-13-9-7-11-34;/h15-18,36H,6-10,13-14,19-21H2,1-5H3,(H,37,40);1H. The van der Waals surface area contributed by atoms with Gasteiger partial charge in [-0.2, -0.15) is 10.5 Å². The fraction of sp³-hybridized carbons (Fsp3) is 0.485. The summed E-state index contributed by atoms with van der Waals surface area (Å²) >= 11 is 0. The molecule has 2 N–H and O–H groups in total. The molecule has 0 atom stereocenters. The van der Waals surface area contributed by atoms with E-state index in [9.17, 15) is 9.59 Å². The number of carbonyl (C=O) groups is 2. The topological polar surface area (TPSA) is 149 Å². The summed E-state index contributed by atoms with van der Waals surface area (Å²) in [6.45, 7) is 9.34. The minimum absolute atomic E-state index is 0. The lowest BCUT2D eigenvalue weighted by Crippen LogP contribution is -2.30. The fourth-order valence-corrected chi connectivity index (χ4v) is 4.80. The molecule has 0 aromatic heterocycles. The molecule has 0 unspecified atom stereocenters. The molecule has 0 saturated carbocycles. The van der Waals surface area contributed by atoms with E-state index in [1.54, 1.807) is 18.0 Å². The molecule has 11 heteroatoms. The molecule has 2 aromatic rings. The summed E-state index contributed by atoms with van der Waals surface area (Å²) in [7, 11) is 1.58. The minimum Gasteiger partial charge on any atom is -0.494 e. The van der Waals surface area contributed by atoms with Crippen molar-refractivity contribution < 1.29 is 23.8 Å². The van der Waals surface area contributed by atoms with E-state index in [2.05, 4.69) is 17.5 Å². The van der Waals surface area contributed by atoms with Gasteiger partial charge in [0.05, 0.1) is 44.9 Å². The largest absolute Gasteiger partial charge is 0.494 e. The summed E-state index contributed by atoms with van der Waals surface area (Å²) in [6.07, 6.45) is 1.92. The lowest BCUT2D eigenvalue weighted by atomic mass is 9.84. The number of hydrogen-bond acceptors (Lipinski definition) is 8. The highest BCUT2D eigenvalue weighted by atomic mass is 79.9. The van der Waals surface area contributed by atoms with Crippen LogP contribution in [0.2, 0.25) is 0 Å². The lowest BCUT2D eigenvalue weighted by Gasteiger charge is -2.26. The number of Topliss-reactive ketones (excluding diaryl/α,β-unsaturated/α-hetero) is 1. The van der Waals surface area contributed by atoms with E-state index in [0.29, 0.717) is 79.4 Å². The molecule has 2 aromatic carbocycles. The van der Waals surface area contributed by atoms with Crippen molar-refractivity contribution >= 4 is 34.5 Å². The summed E-state index contributed by atoms with van der Waals surface area (Å²) in [4.78, 5) is 27.6. The number of carbonyl (C=O) groups excluding carboxylic acids is 2. The normalized spacial score (nSPS) is 12.0. The van der Waals surface area contributed by atoms with Crippen molar-refractivity contribution in [1.29, 1.82) is 15.9 Å². The number of ketones is 1. The van der Waals surface area contributed by atoms with Crippen LogP contribution in [0.4, 0.5) is 0 Å². The number of likely N-dealkylation sites (N-methyl/N-ethyl adjacent to an activating group) is 1. The summed E-state index contributed by atoms with van der Waals surface area (Å²) < 4.78 is 18.0. The predicted octanol–water partition coefficient (Wildman–Crippen LogP) is 5.64. The molecule has 1 heterocycles. The minimum atomic E-state index is -0.390. The zero-order valence-corrected chi connectivity index (χ0v) is 27.9. The molecule has 236 valence electrons. The van der Waals surface area contributed by atoms with Crippen LogP contribution in [0.3, 0.4) is 0 Å².